The average Bonchev–Trinajstić information content (AvgIpc) is 3.78. The number of fused-ring (bicyclic) bond motifs is 9. The summed E-state index contributed by atoms with van der Waals surface area (Å²) in [6, 6.07) is 54.5. The van der Waals surface area contributed by atoms with E-state index in [1.807, 2.05) is 12.4 Å². The Kier molecular flexibility index (Phi) is 4.96. The van der Waals surface area contributed by atoms with Crippen LogP contribution in [0.3, 0.4) is 0 Å². The molecule has 10 rings (SSSR count). The van der Waals surface area contributed by atoms with E-state index >= 15 is 0 Å². The molecule has 0 N–H and O–H groups in total. The Morgan fingerprint density at radius 3 is 1.82 bits per heavy atom. The predicted molar refractivity (Wildman–Crippen MR) is 187 cm³/mol. The van der Waals surface area contributed by atoms with Crippen LogP contribution in [0, 0.1) is 0 Å². The van der Waals surface area contributed by atoms with Gasteiger partial charge < -0.3 is 9.13 Å². The molecule has 4 nitrogen and oxygen atoms in total. The number of nitrogens with zero attached hydrogens (tertiary/aromatic N) is 4. The molecule has 0 radical (unpaired) electrons. The van der Waals surface area contributed by atoms with Gasteiger partial charge >= 0.3 is 0 Å². The lowest BCUT2D eigenvalue weighted by molar-refractivity contribution is 1.09. The minimum absolute atomic E-state index is 0.968. The standard InChI is InChI=1S/C41H26N4/c1-3-11-28(12-4-1)43-26-42-36-24-30(20-22-39(36)43)45-38-18-10-7-15-31(38)33-21-19-27-23-40-35(25-34(27)41(33)45)32-16-8-9-17-37(32)44(40)29-13-5-2-6-14-29/h1-26H. The molecule has 0 atom stereocenters. The van der Waals surface area contributed by atoms with Crippen molar-refractivity contribution in [2.45, 2.75) is 0 Å². The van der Waals surface area contributed by atoms with E-state index < -0.39 is 0 Å². The van der Waals surface area contributed by atoms with Crippen molar-refractivity contribution in [1.82, 2.24) is 18.7 Å². The van der Waals surface area contributed by atoms with Gasteiger partial charge in [-0.1, -0.05) is 84.9 Å². The van der Waals surface area contributed by atoms with Gasteiger partial charge in [-0.3, -0.25) is 4.57 Å². The molecular formula is C41H26N4. The van der Waals surface area contributed by atoms with Gasteiger partial charge in [-0.2, -0.15) is 0 Å². The smallest absolute Gasteiger partial charge is 0.100 e. The molecule has 0 spiro atoms. The van der Waals surface area contributed by atoms with Gasteiger partial charge in [-0.05, 0) is 72.1 Å². The maximum Gasteiger partial charge on any atom is 0.100 e. The van der Waals surface area contributed by atoms with Gasteiger partial charge in [0.2, 0.25) is 0 Å². The Morgan fingerprint density at radius 2 is 1.04 bits per heavy atom. The molecule has 0 bridgehead atoms. The Hall–Kier alpha value is -6.13. The summed E-state index contributed by atoms with van der Waals surface area (Å²) in [4.78, 5) is 4.84. The van der Waals surface area contributed by atoms with Crippen molar-refractivity contribution in [2.24, 2.45) is 0 Å². The van der Waals surface area contributed by atoms with Crippen LogP contribution in [0.2, 0.25) is 0 Å². The normalized spacial score (nSPS) is 12.0. The lowest BCUT2D eigenvalue weighted by Gasteiger charge is -2.12. The van der Waals surface area contributed by atoms with E-state index in [9.17, 15) is 0 Å². The lowest BCUT2D eigenvalue weighted by atomic mass is 10.0. The van der Waals surface area contributed by atoms with Crippen molar-refractivity contribution in [3.05, 3.63) is 158 Å². The average molecular weight is 575 g/mol. The number of imidazole rings is 1. The Morgan fingerprint density at radius 1 is 0.378 bits per heavy atom. The van der Waals surface area contributed by atoms with E-state index in [1.165, 1.54) is 60.1 Å². The zero-order chi connectivity index (χ0) is 29.5. The fourth-order valence-corrected chi connectivity index (χ4v) is 7.30. The van der Waals surface area contributed by atoms with Crippen LogP contribution in [0.25, 0.3) is 82.5 Å². The van der Waals surface area contributed by atoms with Crippen molar-refractivity contribution < 1.29 is 0 Å². The van der Waals surface area contributed by atoms with E-state index in [4.69, 9.17) is 4.98 Å². The number of aromatic nitrogens is 4. The minimum atomic E-state index is 0.968. The first kappa shape index (κ1) is 24.3. The van der Waals surface area contributed by atoms with E-state index in [0.29, 0.717) is 0 Å². The number of benzene rings is 7. The second-order valence-corrected chi connectivity index (χ2v) is 11.7. The first-order valence-corrected chi connectivity index (χ1v) is 15.3. The van der Waals surface area contributed by atoms with Crippen molar-refractivity contribution in [2.75, 3.05) is 0 Å². The molecule has 0 saturated carbocycles. The molecule has 210 valence electrons. The van der Waals surface area contributed by atoms with E-state index in [2.05, 4.69) is 159 Å². The molecule has 0 aliphatic heterocycles. The van der Waals surface area contributed by atoms with Crippen molar-refractivity contribution in [3.63, 3.8) is 0 Å². The van der Waals surface area contributed by atoms with Gasteiger partial charge in [-0.15, -0.1) is 0 Å². The van der Waals surface area contributed by atoms with Crippen LogP contribution >= 0.6 is 0 Å². The van der Waals surface area contributed by atoms with Gasteiger partial charge in [-0.25, -0.2) is 4.98 Å². The third-order valence-electron chi connectivity index (χ3n) is 9.28. The number of rotatable bonds is 3. The van der Waals surface area contributed by atoms with Gasteiger partial charge in [0.25, 0.3) is 0 Å². The molecule has 0 fully saturated rings. The Balaban J connectivity index is 1.30. The summed E-state index contributed by atoms with van der Waals surface area (Å²) in [5, 5.41) is 7.46. The summed E-state index contributed by atoms with van der Waals surface area (Å²) in [6.45, 7) is 0. The van der Waals surface area contributed by atoms with Crippen LogP contribution in [0.1, 0.15) is 0 Å². The van der Waals surface area contributed by atoms with Crippen molar-refractivity contribution >= 4 is 65.4 Å². The maximum absolute atomic E-state index is 4.84. The highest BCUT2D eigenvalue weighted by molar-refractivity contribution is 6.22. The number of hydrogen-bond acceptors (Lipinski definition) is 1. The number of hydrogen-bond donors (Lipinski definition) is 0. The summed E-state index contributed by atoms with van der Waals surface area (Å²) >= 11 is 0. The van der Waals surface area contributed by atoms with E-state index in [0.717, 1.165) is 22.4 Å². The molecule has 0 unspecified atom stereocenters. The summed E-state index contributed by atoms with van der Waals surface area (Å²) in [6.07, 6.45) is 1.92. The topological polar surface area (TPSA) is 27.7 Å². The molecule has 0 amide bonds. The highest BCUT2D eigenvalue weighted by Crippen LogP contribution is 2.41. The van der Waals surface area contributed by atoms with Crippen LogP contribution in [-0.2, 0) is 0 Å². The quantitative estimate of drug-likeness (QED) is 0.206. The van der Waals surface area contributed by atoms with Crippen molar-refractivity contribution in [3.8, 4) is 17.1 Å². The largest absolute Gasteiger partial charge is 0.309 e. The molecule has 3 aromatic heterocycles. The first-order valence-electron chi connectivity index (χ1n) is 15.3. The summed E-state index contributed by atoms with van der Waals surface area (Å²) in [5.41, 5.74) is 10.3. The molecule has 0 saturated heterocycles. The zero-order valence-electron chi connectivity index (χ0n) is 24.3. The first-order chi connectivity index (χ1) is 22.3. The predicted octanol–water partition coefficient (Wildman–Crippen LogP) is 10.4. The highest BCUT2D eigenvalue weighted by atomic mass is 15.1. The Labute approximate surface area is 258 Å². The van der Waals surface area contributed by atoms with Gasteiger partial charge in [0, 0.05) is 44.0 Å². The van der Waals surface area contributed by atoms with Crippen LogP contribution in [0.15, 0.2) is 158 Å². The third kappa shape index (κ3) is 3.45. The highest BCUT2D eigenvalue weighted by Gasteiger charge is 2.19. The molecule has 0 aliphatic carbocycles. The SMILES string of the molecule is c1ccc(-n2cnc3cc(-n4c5ccccc5c5ccc6cc7c(cc6c54)c4ccccc4n7-c4ccccc4)ccc32)cc1. The van der Waals surface area contributed by atoms with Gasteiger partial charge in [0.1, 0.15) is 6.33 Å². The molecule has 3 heterocycles. The summed E-state index contributed by atoms with van der Waals surface area (Å²) in [7, 11) is 0. The van der Waals surface area contributed by atoms with Crippen LogP contribution in [-0.4, -0.2) is 18.7 Å². The third-order valence-corrected chi connectivity index (χ3v) is 9.28. The molecule has 45 heavy (non-hydrogen) atoms. The Bertz CT molecular complexity index is 2750. The van der Waals surface area contributed by atoms with Crippen molar-refractivity contribution in [1.29, 1.82) is 0 Å². The maximum atomic E-state index is 4.84. The summed E-state index contributed by atoms with van der Waals surface area (Å²) in [5.74, 6) is 0. The summed E-state index contributed by atoms with van der Waals surface area (Å²) < 4.78 is 6.97. The van der Waals surface area contributed by atoms with Crippen LogP contribution < -0.4 is 0 Å². The fraction of sp³-hybridized carbons (Fsp3) is 0. The van der Waals surface area contributed by atoms with Gasteiger partial charge in [0.15, 0.2) is 0 Å². The van der Waals surface area contributed by atoms with Crippen LogP contribution in [0.5, 0.6) is 0 Å². The number of para-hydroxylation sites is 4. The van der Waals surface area contributed by atoms with Gasteiger partial charge in [0.05, 0.1) is 33.1 Å². The minimum Gasteiger partial charge on any atom is -0.309 e. The molecule has 7 aromatic carbocycles. The molecule has 0 aliphatic rings. The van der Waals surface area contributed by atoms with E-state index in [-0.39, 0.29) is 0 Å². The second-order valence-electron chi connectivity index (χ2n) is 11.7. The molecule has 10 aromatic rings. The zero-order valence-corrected chi connectivity index (χ0v) is 24.3. The monoisotopic (exact) mass is 574 g/mol. The molecular weight excluding hydrogens is 548 g/mol. The second kappa shape index (κ2) is 9.18. The lowest BCUT2D eigenvalue weighted by Crippen LogP contribution is -1.96. The molecule has 4 heteroatoms. The van der Waals surface area contributed by atoms with E-state index in [1.54, 1.807) is 0 Å². The fourth-order valence-electron chi connectivity index (χ4n) is 7.30. The van der Waals surface area contributed by atoms with Crippen LogP contribution in [0.4, 0.5) is 0 Å².